The van der Waals surface area contributed by atoms with E-state index in [2.05, 4.69) is 17.1 Å². The molecule has 0 aliphatic heterocycles. The smallest absolute Gasteiger partial charge is 0.327 e. The Morgan fingerprint density at radius 2 is 2.11 bits per heavy atom. The number of nitrogens with one attached hydrogen (secondary N) is 1. The molecule has 0 amide bonds. The second kappa shape index (κ2) is 7.07. The molecular formula is C13H26N2O3. The van der Waals surface area contributed by atoms with Gasteiger partial charge >= 0.3 is 5.97 Å². The Morgan fingerprint density at radius 1 is 1.44 bits per heavy atom. The van der Waals surface area contributed by atoms with Crippen LogP contribution in [0.15, 0.2) is 0 Å². The fraction of sp³-hybridized carbons (Fsp3) is 0.923. The highest BCUT2D eigenvalue weighted by Crippen LogP contribution is 2.23. The van der Waals surface area contributed by atoms with Crippen molar-refractivity contribution in [2.75, 3.05) is 40.5 Å². The largest absolute Gasteiger partial charge is 0.468 e. The van der Waals surface area contributed by atoms with Crippen LogP contribution in [0.25, 0.3) is 0 Å². The van der Waals surface area contributed by atoms with Crippen LogP contribution in [0.1, 0.15) is 26.7 Å². The summed E-state index contributed by atoms with van der Waals surface area (Å²) in [5.41, 5.74) is -0.625. The van der Waals surface area contributed by atoms with E-state index < -0.39 is 5.54 Å². The molecule has 0 aromatic heterocycles. The highest BCUT2D eigenvalue weighted by atomic mass is 16.5. The standard InChI is InChI=1S/C13H26N2O3/c1-5-15(8-9-17-3)10-13(2,12(16)18-4)14-11-6-7-11/h11,14H,5-10H2,1-4H3. The molecule has 106 valence electrons. The quantitative estimate of drug-likeness (QED) is 0.615. The number of carbonyl (C=O) groups is 1. The molecule has 0 aromatic carbocycles. The first-order valence-electron chi connectivity index (χ1n) is 6.63. The Hall–Kier alpha value is -0.650. The molecule has 0 aromatic rings. The molecule has 18 heavy (non-hydrogen) atoms. The van der Waals surface area contributed by atoms with Crippen molar-refractivity contribution in [3.8, 4) is 0 Å². The lowest BCUT2D eigenvalue weighted by Gasteiger charge is -2.33. The molecule has 5 nitrogen and oxygen atoms in total. The highest BCUT2D eigenvalue weighted by molar-refractivity contribution is 5.80. The predicted octanol–water partition coefficient (Wildman–Crippen LogP) is 0.638. The van der Waals surface area contributed by atoms with Crippen molar-refractivity contribution in [3.05, 3.63) is 0 Å². The van der Waals surface area contributed by atoms with Gasteiger partial charge in [-0.05, 0) is 26.3 Å². The lowest BCUT2D eigenvalue weighted by Crippen LogP contribution is -2.58. The zero-order valence-electron chi connectivity index (χ0n) is 12.0. The van der Waals surface area contributed by atoms with Crippen molar-refractivity contribution in [2.45, 2.75) is 38.3 Å². The van der Waals surface area contributed by atoms with Crippen molar-refractivity contribution in [1.82, 2.24) is 10.2 Å². The Bertz CT molecular complexity index is 269. The van der Waals surface area contributed by atoms with E-state index >= 15 is 0 Å². The topological polar surface area (TPSA) is 50.8 Å². The molecule has 1 fully saturated rings. The molecule has 1 N–H and O–H groups in total. The number of ether oxygens (including phenoxy) is 2. The summed E-state index contributed by atoms with van der Waals surface area (Å²) in [6.45, 7) is 7.05. The van der Waals surface area contributed by atoms with E-state index in [9.17, 15) is 4.79 Å². The molecule has 0 bridgehead atoms. The number of carbonyl (C=O) groups excluding carboxylic acids is 1. The monoisotopic (exact) mass is 258 g/mol. The van der Waals surface area contributed by atoms with Crippen LogP contribution in [-0.2, 0) is 14.3 Å². The van der Waals surface area contributed by atoms with Gasteiger partial charge in [-0.3, -0.25) is 15.0 Å². The van der Waals surface area contributed by atoms with E-state index in [1.54, 1.807) is 7.11 Å². The molecule has 0 saturated heterocycles. The zero-order chi connectivity index (χ0) is 13.6. The van der Waals surface area contributed by atoms with Gasteiger partial charge < -0.3 is 9.47 Å². The number of rotatable bonds is 9. The minimum Gasteiger partial charge on any atom is -0.468 e. The summed E-state index contributed by atoms with van der Waals surface area (Å²) in [4.78, 5) is 14.2. The average Bonchev–Trinajstić information content (AvgIpc) is 3.17. The third-order valence-corrected chi connectivity index (χ3v) is 3.33. The number of hydrogen-bond acceptors (Lipinski definition) is 5. The van der Waals surface area contributed by atoms with E-state index in [-0.39, 0.29) is 5.97 Å². The Balaban J connectivity index is 2.59. The highest BCUT2D eigenvalue weighted by Gasteiger charge is 2.40. The fourth-order valence-electron chi connectivity index (χ4n) is 2.09. The number of nitrogens with zero attached hydrogens (tertiary/aromatic N) is 1. The fourth-order valence-corrected chi connectivity index (χ4v) is 2.09. The SMILES string of the molecule is CCN(CCOC)CC(C)(NC1CC1)C(=O)OC. The van der Waals surface area contributed by atoms with Crippen LogP contribution < -0.4 is 5.32 Å². The number of likely N-dealkylation sites (N-methyl/N-ethyl adjacent to an activating group) is 1. The molecule has 1 saturated carbocycles. The van der Waals surface area contributed by atoms with Crippen LogP contribution in [0.5, 0.6) is 0 Å². The molecule has 1 aliphatic carbocycles. The second-order valence-electron chi connectivity index (χ2n) is 5.10. The van der Waals surface area contributed by atoms with E-state index in [0.717, 1.165) is 25.9 Å². The first-order valence-corrected chi connectivity index (χ1v) is 6.63. The van der Waals surface area contributed by atoms with E-state index in [4.69, 9.17) is 9.47 Å². The van der Waals surface area contributed by atoms with Crippen molar-refractivity contribution in [1.29, 1.82) is 0 Å². The lowest BCUT2D eigenvalue weighted by molar-refractivity contribution is -0.149. The van der Waals surface area contributed by atoms with E-state index in [1.807, 2.05) is 6.92 Å². The van der Waals surface area contributed by atoms with Crippen molar-refractivity contribution in [3.63, 3.8) is 0 Å². The second-order valence-corrected chi connectivity index (χ2v) is 5.10. The molecule has 5 heteroatoms. The first kappa shape index (κ1) is 15.4. The summed E-state index contributed by atoms with van der Waals surface area (Å²) in [6, 6.07) is 0.468. The van der Waals surface area contributed by atoms with Crippen LogP contribution in [0.3, 0.4) is 0 Å². The van der Waals surface area contributed by atoms with Crippen LogP contribution in [-0.4, -0.2) is 62.9 Å². The van der Waals surface area contributed by atoms with Gasteiger partial charge in [-0.1, -0.05) is 6.92 Å². The van der Waals surface area contributed by atoms with Crippen molar-refractivity contribution >= 4 is 5.97 Å². The maximum atomic E-state index is 12.0. The normalized spacial score (nSPS) is 18.7. The minimum absolute atomic E-state index is 0.190. The van der Waals surface area contributed by atoms with Gasteiger partial charge in [-0.25, -0.2) is 0 Å². The summed E-state index contributed by atoms with van der Waals surface area (Å²) in [7, 11) is 3.14. The third-order valence-electron chi connectivity index (χ3n) is 3.33. The summed E-state index contributed by atoms with van der Waals surface area (Å²) in [5.74, 6) is -0.190. The zero-order valence-corrected chi connectivity index (χ0v) is 12.0. The molecule has 1 rings (SSSR count). The molecular weight excluding hydrogens is 232 g/mol. The summed E-state index contributed by atoms with van der Waals surface area (Å²) >= 11 is 0. The van der Waals surface area contributed by atoms with Gasteiger partial charge in [0.1, 0.15) is 5.54 Å². The van der Waals surface area contributed by atoms with Gasteiger partial charge in [-0.15, -0.1) is 0 Å². The number of methoxy groups -OCH3 is 2. The Labute approximate surface area is 110 Å². The van der Waals surface area contributed by atoms with Gasteiger partial charge in [0.15, 0.2) is 0 Å². The van der Waals surface area contributed by atoms with Crippen LogP contribution in [0, 0.1) is 0 Å². The van der Waals surface area contributed by atoms with Crippen molar-refractivity contribution in [2.24, 2.45) is 0 Å². The van der Waals surface area contributed by atoms with Crippen LogP contribution in [0.4, 0.5) is 0 Å². The number of esters is 1. The summed E-state index contributed by atoms with van der Waals surface area (Å²) in [5, 5.41) is 3.40. The maximum absolute atomic E-state index is 12.0. The molecule has 0 radical (unpaired) electrons. The average molecular weight is 258 g/mol. The Morgan fingerprint density at radius 3 is 2.56 bits per heavy atom. The molecule has 1 aliphatic rings. The third kappa shape index (κ3) is 4.55. The van der Waals surface area contributed by atoms with Gasteiger partial charge in [0.2, 0.25) is 0 Å². The van der Waals surface area contributed by atoms with Crippen molar-refractivity contribution < 1.29 is 14.3 Å². The predicted molar refractivity (Wildman–Crippen MR) is 70.6 cm³/mol. The molecule has 0 heterocycles. The van der Waals surface area contributed by atoms with Gasteiger partial charge in [0, 0.05) is 26.2 Å². The van der Waals surface area contributed by atoms with Gasteiger partial charge in [-0.2, -0.15) is 0 Å². The first-order chi connectivity index (χ1) is 8.55. The maximum Gasteiger partial charge on any atom is 0.327 e. The molecule has 0 spiro atoms. The number of hydrogen-bond donors (Lipinski definition) is 1. The van der Waals surface area contributed by atoms with E-state index in [0.29, 0.717) is 19.2 Å². The van der Waals surface area contributed by atoms with Crippen LogP contribution in [0.2, 0.25) is 0 Å². The van der Waals surface area contributed by atoms with Gasteiger partial charge in [0.05, 0.1) is 13.7 Å². The summed E-state index contributed by atoms with van der Waals surface area (Å²) in [6.07, 6.45) is 2.30. The Kier molecular flexibility index (Phi) is 6.05. The molecule has 1 atom stereocenters. The summed E-state index contributed by atoms with van der Waals surface area (Å²) < 4.78 is 10.0. The lowest BCUT2D eigenvalue weighted by atomic mass is 10.0. The van der Waals surface area contributed by atoms with E-state index in [1.165, 1.54) is 7.11 Å². The van der Waals surface area contributed by atoms with Crippen LogP contribution >= 0.6 is 0 Å². The minimum atomic E-state index is -0.625. The molecule has 1 unspecified atom stereocenters. The van der Waals surface area contributed by atoms with Gasteiger partial charge in [0.25, 0.3) is 0 Å².